The number of rotatable bonds is 6. The smallest absolute Gasteiger partial charge is 0.303 e. The molecule has 1 N–H and O–H groups in total. The average Bonchev–Trinajstić information content (AvgIpc) is 2.59. The second-order valence-corrected chi connectivity index (χ2v) is 7.01. The highest BCUT2D eigenvalue weighted by molar-refractivity contribution is 7.27. The van der Waals surface area contributed by atoms with Crippen LogP contribution in [-0.2, 0) is 9.53 Å². The zero-order valence-electron chi connectivity index (χ0n) is 14.8. The normalized spacial score (nSPS) is 15.6. The van der Waals surface area contributed by atoms with Gasteiger partial charge in [0.25, 0.3) is 5.91 Å². The van der Waals surface area contributed by atoms with E-state index in [1.165, 1.54) is 13.0 Å². The molecule has 0 spiro atoms. The molecule has 0 heterocycles. The largest absolute Gasteiger partial charge is 0.477 e. The Morgan fingerprint density at radius 1 is 1.35 bits per heavy atom. The summed E-state index contributed by atoms with van der Waals surface area (Å²) in [5.74, 6) is 0.808. The topological polar surface area (TPSA) is 64.6 Å². The first kappa shape index (κ1) is 20.2. The van der Waals surface area contributed by atoms with Crippen LogP contribution in [0.1, 0.15) is 49.4 Å². The lowest BCUT2D eigenvalue weighted by Crippen LogP contribution is -2.47. The van der Waals surface area contributed by atoms with Crippen molar-refractivity contribution in [1.82, 2.24) is 5.32 Å². The predicted octanol–water partition coefficient (Wildman–Crippen LogP) is 2.33. The van der Waals surface area contributed by atoms with Gasteiger partial charge in [0.2, 0.25) is 0 Å². The fraction of sp³-hybridized carbons (Fsp3) is 0.474. The van der Waals surface area contributed by atoms with Gasteiger partial charge in [0.1, 0.15) is 12.2 Å². The highest BCUT2D eigenvalue weighted by Gasteiger charge is 2.35. The Balaban J connectivity index is 2.09. The van der Waals surface area contributed by atoms with Crippen molar-refractivity contribution >= 4 is 26.4 Å². The number of hydrogen-bond donors (Lipinski definition) is 1. The van der Waals surface area contributed by atoms with E-state index < -0.39 is 17.3 Å². The molecule has 0 aliphatic heterocycles. The SMILES string of the molecule is C#CCOc1c(F)cc(C(=O)NCC2(OC(C)=O)CCCCC2)cc1P. The third kappa shape index (κ3) is 5.19. The van der Waals surface area contributed by atoms with Gasteiger partial charge in [-0.2, -0.15) is 0 Å². The molecule has 1 fully saturated rings. The second-order valence-electron chi connectivity index (χ2n) is 6.39. The predicted molar refractivity (Wildman–Crippen MR) is 100.0 cm³/mol. The molecule has 1 unspecified atom stereocenters. The highest BCUT2D eigenvalue weighted by Crippen LogP contribution is 2.31. The first-order valence-electron chi connectivity index (χ1n) is 8.50. The van der Waals surface area contributed by atoms with Crippen molar-refractivity contribution in [3.05, 3.63) is 23.5 Å². The van der Waals surface area contributed by atoms with Gasteiger partial charge in [-0.25, -0.2) is 4.39 Å². The fourth-order valence-electron chi connectivity index (χ4n) is 3.17. The van der Waals surface area contributed by atoms with Crippen LogP contribution in [0.15, 0.2) is 12.1 Å². The molecule has 1 aliphatic carbocycles. The minimum absolute atomic E-state index is 0.00756. The maximum absolute atomic E-state index is 14.2. The number of ether oxygens (including phenoxy) is 2. The summed E-state index contributed by atoms with van der Waals surface area (Å²) in [6.07, 6.45) is 9.47. The summed E-state index contributed by atoms with van der Waals surface area (Å²) in [6.45, 7) is 1.51. The maximum Gasteiger partial charge on any atom is 0.303 e. The van der Waals surface area contributed by atoms with Crippen molar-refractivity contribution in [3.8, 4) is 18.1 Å². The number of benzene rings is 1. The Hall–Kier alpha value is -2.12. The lowest BCUT2D eigenvalue weighted by Gasteiger charge is -2.36. The van der Waals surface area contributed by atoms with Crippen LogP contribution >= 0.6 is 9.24 Å². The molecule has 140 valence electrons. The number of amides is 1. The third-order valence-corrected chi connectivity index (χ3v) is 4.76. The molecule has 1 aliphatic rings. The summed E-state index contributed by atoms with van der Waals surface area (Å²) < 4.78 is 24.8. The van der Waals surface area contributed by atoms with Crippen molar-refractivity contribution in [3.63, 3.8) is 0 Å². The number of terminal acetylenes is 1. The van der Waals surface area contributed by atoms with Crippen molar-refractivity contribution in [2.24, 2.45) is 0 Å². The van der Waals surface area contributed by atoms with Crippen LogP contribution in [0.2, 0.25) is 0 Å². The number of carbonyl (C=O) groups is 2. The van der Waals surface area contributed by atoms with Gasteiger partial charge in [0.15, 0.2) is 11.6 Å². The molecular formula is C19H23FNO4P. The van der Waals surface area contributed by atoms with E-state index in [0.29, 0.717) is 18.1 Å². The van der Waals surface area contributed by atoms with Crippen LogP contribution in [0.3, 0.4) is 0 Å². The van der Waals surface area contributed by atoms with E-state index >= 15 is 0 Å². The molecule has 1 atom stereocenters. The summed E-state index contributed by atoms with van der Waals surface area (Å²) in [6, 6.07) is 2.61. The summed E-state index contributed by atoms with van der Waals surface area (Å²) >= 11 is 0. The molecule has 0 saturated heterocycles. The molecule has 7 heteroatoms. The molecule has 0 bridgehead atoms. The molecule has 2 rings (SSSR count). The van der Waals surface area contributed by atoms with Gasteiger partial charge in [-0.3, -0.25) is 9.59 Å². The van der Waals surface area contributed by atoms with E-state index in [9.17, 15) is 14.0 Å². The van der Waals surface area contributed by atoms with Gasteiger partial charge in [-0.05, 0) is 37.8 Å². The quantitative estimate of drug-likeness (QED) is 0.468. The molecular weight excluding hydrogens is 356 g/mol. The summed E-state index contributed by atoms with van der Waals surface area (Å²) in [7, 11) is 2.33. The zero-order chi connectivity index (χ0) is 19.2. The zero-order valence-corrected chi connectivity index (χ0v) is 15.9. The summed E-state index contributed by atoms with van der Waals surface area (Å²) in [5, 5.41) is 3.17. The van der Waals surface area contributed by atoms with E-state index in [0.717, 1.165) is 25.3 Å². The second kappa shape index (κ2) is 9.00. The monoisotopic (exact) mass is 379 g/mol. The van der Waals surface area contributed by atoms with Gasteiger partial charge in [0.05, 0.1) is 6.54 Å². The number of nitrogens with one attached hydrogen (secondary N) is 1. The average molecular weight is 379 g/mol. The Kier molecular flexibility index (Phi) is 6.99. The minimum Gasteiger partial charge on any atom is -0.477 e. The van der Waals surface area contributed by atoms with Crippen molar-refractivity contribution in [2.75, 3.05) is 13.2 Å². The van der Waals surface area contributed by atoms with Crippen molar-refractivity contribution < 1.29 is 23.5 Å². The number of esters is 1. The fourth-order valence-corrected chi connectivity index (χ4v) is 3.57. The molecule has 0 aromatic heterocycles. The van der Waals surface area contributed by atoms with E-state index in [4.69, 9.17) is 15.9 Å². The lowest BCUT2D eigenvalue weighted by molar-refractivity contribution is -0.159. The van der Waals surface area contributed by atoms with Crippen LogP contribution in [0.25, 0.3) is 0 Å². The van der Waals surface area contributed by atoms with E-state index in [-0.39, 0.29) is 30.4 Å². The minimum atomic E-state index is -0.683. The first-order valence-corrected chi connectivity index (χ1v) is 9.08. The Labute approximate surface area is 155 Å². The summed E-state index contributed by atoms with van der Waals surface area (Å²) in [5.41, 5.74) is -0.521. The van der Waals surface area contributed by atoms with Gasteiger partial charge in [-0.1, -0.05) is 12.3 Å². The Bertz CT molecular complexity index is 700. The molecule has 1 aromatic rings. The van der Waals surface area contributed by atoms with Crippen LogP contribution in [0, 0.1) is 18.2 Å². The van der Waals surface area contributed by atoms with Crippen LogP contribution in [0.5, 0.6) is 5.75 Å². The number of carbonyl (C=O) groups excluding carboxylic acids is 2. The van der Waals surface area contributed by atoms with Crippen LogP contribution < -0.4 is 15.4 Å². The number of hydrogen-bond acceptors (Lipinski definition) is 4. The van der Waals surface area contributed by atoms with E-state index in [2.05, 4.69) is 20.5 Å². The molecule has 1 amide bonds. The molecule has 1 aromatic carbocycles. The van der Waals surface area contributed by atoms with Crippen molar-refractivity contribution in [2.45, 2.75) is 44.6 Å². The summed E-state index contributed by atoms with van der Waals surface area (Å²) in [4.78, 5) is 23.9. The van der Waals surface area contributed by atoms with E-state index in [1.54, 1.807) is 0 Å². The number of halogens is 1. The Morgan fingerprint density at radius 3 is 2.62 bits per heavy atom. The lowest BCUT2D eigenvalue weighted by atomic mass is 9.84. The van der Waals surface area contributed by atoms with E-state index in [1.807, 2.05) is 0 Å². The highest BCUT2D eigenvalue weighted by atomic mass is 31.0. The molecule has 5 nitrogen and oxygen atoms in total. The molecule has 1 saturated carbocycles. The van der Waals surface area contributed by atoms with Crippen LogP contribution in [-0.4, -0.2) is 30.6 Å². The third-order valence-electron chi connectivity index (χ3n) is 4.33. The van der Waals surface area contributed by atoms with Gasteiger partial charge in [0, 0.05) is 17.8 Å². The van der Waals surface area contributed by atoms with Crippen LogP contribution in [0.4, 0.5) is 4.39 Å². The maximum atomic E-state index is 14.2. The molecule has 26 heavy (non-hydrogen) atoms. The van der Waals surface area contributed by atoms with Gasteiger partial charge < -0.3 is 14.8 Å². The van der Waals surface area contributed by atoms with Crippen molar-refractivity contribution in [1.29, 1.82) is 0 Å². The Morgan fingerprint density at radius 2 is 2.04 bits per heavy atom. The van der Waals surface area contributed by atoms with Gasteiger partial charge >= 0.3 is 5.97 Å². The first-order chi connectivity index (χ1) is 12.4. The molecule has 0 radical (unpaired) electrons. The standard InChI is InChI=1S/C19H23FNO4P/c1-3-9-24-17-15(20)10-14(11-16(17)26)18(23)21-12-19(25-13(2)22)7-5-4-6-8-19/h1,10-11H,4-9,12,26H2,2H3,(H,21,23). The van der Waals surface area contributed by atoms with Gasteiger partial charge in [-0.15, -0.1) is 15.7 Å².